The molecule has 16 heavy (non-hydrogen) atoms. The number of rotatable bonds is 5. The maximum atomic E-state index is 5.74. The summed E-state index contributed by atoms with van der Waals surface area (Å²) in [5.74, 6) is 0.817. The number of hydrogen-bond acceptors (Lipinski definition) is 4. The average Bonchev–Trinajstić information content (AvgIpc) is 2.22. The zero-order valence-corrected chi connectivity index (χ0v) is 11.0. The Morgan fingerprint density at radius 3 is 2.81 bits per heavy atom. The smallest absolute Gasteiger partial charge is 0.224 e. The van der Waals surface area contributed by atoms with Gasteiger partial charge in [-0.05, 0) is 39.4 Å². The number of anilines is 1. The van der Waals surface area contributed by atoms with Crippen molar-refractivity contribution >= 4 is 17.4 Å². The van der Waals surface area contributed by atoms with E-state index < -0.39 is 0 Å². The molecule has 0 saturated heterocycles. The van der Waals surface area contributed by atoms with Gasteiger partial charge in [-0.3, -0.25) is 0 Å². The lowest BCUT2D eigenvalue weighted by Gasteiger charge is -2.21. The second-order valence-corrected chi connectivity index (χ2v) is 4.51. The van der Waals surface area contributed by atoms with Crippen LogP contribution in [0.4, 0.5) is 5.82 Å². The van der Waals surface area contributed by atoms with E-state index in [4.69, 9.17) is 11.6 Å². The molecule has 0 unspecified atom stereocenters. The fraction of sp³-hybridized carbons (Fsp3) is 0.636. The van der Waals surface area contributed by atoms with Gasteiger partial charge in [0.2, 0.25) is 5.28 Å². The highest BCUT2D eigenvalue weighted by molar-refractivity contribution is 6.28. The molecule has 1 aromatic rings. The van der Waals surface area contributed by atoms with Crippen molar-refractivity contribution in [2.24, 2.45) is 0 Å². The van der Waals surface area contributed by atoms with Gasteiger partial charge in [0, 0.05) is 30.9 Å². The van der Waals surface area contributed by atoms with Gasteiger partial charge in [-0.15, -0.1) is 0 Å². The van der Waals surface area contributed by atoms with Crippen molar-refractivity contribution in [2.45, 2.75) is 26.8 Å². The second-order valence-electron chi connectivity index (χ2n) is 4.17. The number of aromatic nitrogens is 2. The molecule has 90 valence electrons. The first kappa shape index (κ1) is 13.2. The van der Waals surface area contributed by atoms with Crippen LogP contribution in [0.5, 0.6) is 0 Å². The van der Waals surface area contributed by atoms with E-state index in [0.29, 0.717) is 6.04 Å². The minimum absolute atomic E-state index is 0.283. The van der Waals surface area contributed by atoms with Crippen LogP contribution < -0.4 is 5.32 Å². The molecule has 0 aliphatic carbocycles. The molecule has 1 N–H and O–H groups in total. The minimum atomic E-state index is 0.283. The van der Waals surface area contributed by atoms with E-state index >= 15 is 0 Å². The maximum absolute atomic E-state index is 5.74. The summed E-state index contributed by atoms with van der Waals surface area (Å²) in [6.45, 7) is 8.13. The SMILES string of the molecule is Cc1cnc(Cl)nc1NCCN(C)C(C)C. The Morgan fingerprint density at radius 1 is 1.50 bits per heavy atom. The van der Waals surface area contributed by atoms with E-state index in [0.717, 1.165) is 24.5 Å². The molecule has 1 aromatic heterocycles. The van der Waals surface area contributed by atoms with E-state index in [1.165, 1.54) is 0 Å². The zero-order valence-electron chi connectivity index (χ0n) is 10.3. The molecule has 1 rings (SSSR count). The summed E-state index contributed by atoms with van der Waals surface area (Å²) in [6, 6.07) is 0.553. The molecule has 0 aromatic carbocycles. The van der Waals surface area contributed by atoms with Crippen LogP contribution in [-0.2, 0) is 0 Å². The molecule has 0 spiro atoms. The van der Waals surface area contributed by atoms with E-state index in [1.807, 2.05) is 6.92 Å². The lowest BCUT2D eigenvalue weighted by atomic mass is 10.3. The van der Waals surface area contributed by atoms with Crippen LogP contribution in [0.15, 0.2) is 6.20 Å². The summed E-state index contributed by atoms with van der Waals surface area (Å²) in [5, 5.41) is 3.55. The van der Waals surface area contributed by atoms with E-state index in [1.54, 1.807) is 6.20 Å². The molecule has 0 saturated carbocycles. The van der Waals surface area contributed by atoms with Crippen LogP contribution in [-0.4, -0.2) is 41.0 Å². The Kier molecular flexibility index (Phi) is 4.96. The molecular weight excluding hydrogens is 224 g/mol. The number of aryl methyl sites for hydroxylation is 1. The van der Waals surface area contributed by atoms with Crippen molar-refractivity contribution in [3.8, 4) is 0 Å². The molecule has 0 radical (unpaired) electrons. The quantitative estimate of drug-likeness (QED) is 0.804. The van der Waals surface area contributed by atoms with Gasteiger partial charge in [0.15, 0.2) is 0 Å². The van der Waals surface area contributed by atoms with Crippen molar-refractivity contribution in [1.29, 1.82) is 0 Å². The van der Waals surface area contributed by atoms with Gasteiger partial charge >= 0.3 is 0 Å². The third kappa shape index (κ3) is 3.94. The first-order valence-electron chi connectivity index (χ1n) is 5.44. The minimum Gasteiger partial charge on any atom is -0.368 e. The lowest BCUT2D eigenvalue weighted by Crippen LogP contribution is -2.31. The molecule has 5 heteroatoms. The van der Waals surface area contributed by atoms with E-state index in [-0.39, 0.29) is 5.28 Å². The van der Waals surface area contributed by atoms with Crippen LogP contribution in [0.25, 0.3) is 0 Å². The summed E-state index contributed by atoms with van der Waals surface area (Å²) < 4.78 is 0. The van der Waals surface area contributed by atoms with Crippen molar-refractivity contribution in [3.63, 3.8) is 0 Å². The highest BCUT2D eigenvalue weighted by atomic mass is 35.5. The van der Waals surface area contributed by atoms with Crippen molar-refractivity contribution in [2.75, 3.05) is 25.5 Å². The van der Waals surface area contributed by atoms with Gasteiger partial charge in [0.1, 0.15) is 5.82 Å². The Labute approximate surface area is 102 Å². The highest BCUT2D eigenvalue weighted by Gasteiger charge is 2.04. The van der Waals surface area contributed by atoms with Gasteiger partial charge in [-0.2, -0.15) is 0 Å². The molecule has 0 atom stereocenters. The predicted octanol–water partition coefficient (Wildman–Crippen LogP) is 2.19. The highest BCUT2D eigenvalue weighted by Crippen LogP contribution is 2.12. The van der Waals surface area contributed by atoms with Crippen LogP contribution in [0.2, 0.25) is 5.28 Å². The van der Waals surface area contributed by atoms with Crippen LogP contribution >= 0.6 is 11.6 Å². The predicted molar refractivity (Wildman–Crippen MR) is 68.0 cm³/mol. The van der Waals surface area contributed by atoms with Gasteiger partial charge in [-0.1, -0.05) is 0 Å². The number of hydrogen-bond donors (Lipinski definition) is 1. The lowest BCUT2D eigenvalue weighted by molar-refractivity contribution is 0.284. The second kappa shape index (κ2) is 6.01. The Balaban J connectivity index is 2.45. The van der Waals surface area contributed by atoms with Crippen molar-refractivity contribution in [1.82, 2.24) is 14.9 Å². The fourth-order valence-electron chi connectivity index (χ4n) is 1.21. The van der Waals surface area contributed by atoms with Gasteiger partial charge in [-0.25, -0.2) is 9.97 Å². The van der Waals surface area contributed by atoms with Gasteiger partial charge in [0.25, 0.3) is 0 Å². The maximum Gasteiger partial charge on any atom is 0.224 e. The summed E-state index contributed by atoms with van der Waals surface area (Å²) in [4.78, 5) is 10.3. The Bertz CT molecular complexity index is 341. The third-order valence-corrected chi connectivity index (χ3v) is 2.76. The number of nitrogens with one attached hydrogen (secondary N) is 1. The summed E-state index contributed by atoms with van der Waals surface area (Å²) in [6.07, 6.45) is 1.73. The van der Waals surface area contributed by atoms with Crippen molar-refractivity contribution in [3.05, 3.63) is 17.0 Å². The topological polar surface area (TPSA) is 41.1 Å². The summed E-state index contributed by atoms with van der Waals surface area (Å²) in [7, 11) is 2.10. The van der Waals surface area contributed by atoms with Crippen LogP contribution in [0, 0.1) is 6.92 Å². The zero-order chi connectivity index (χ0) is 12.1. The third-order valence-electron chi connectivity index (χ3n) is 2.58. The molecule has 0 amide bonds. The molecular formula is C11H19ClN4. The Hall–Kier alpha value is -0.870. The Morgan fingerprint density at radius 2 is 2.19 bits per heavy atom. The van der Waals surface area contributed by atoms with Crippen LogP contribution in [0.1, 0.15) is 19.4 Å². The molecule has 0 aliphatic rings. The monoisotopic (exact) mass is 242 g/mol. The van der Waals surface area contributed by atoms with Crippen LogP contribution in [0.3, 0.4) is 0 Å². The standard InChI is InChI=1S/C11H19ClN4/c1-8(2)16(4)6-5-13-10-9(3)7-14-11(12)15-10/h7-8H,5-6H2,1-4H3,(H,13,14,15). The summed E-state index contributed by atoms with van der Waals surface area (Å²) >= 11 is 5.74. The molecule has 1 heterocycles. The largest absolute Gasteiger partial charge is 0.368 e. The first-order valence-corrected chi connectivity index (χ1v) is 5.81. The number of nitrogens with zero attached hydrogens (tertiary/aromatic N) is 3. The number of likely N-dealkylation sites (N-methyl/N-ethyl adjacent to an activating group) is 1. The molecule has 0 bridgehead atoms. The fourth-order valence-corrected chi connectivity index (χ4v) is 1.34. The average molecular weight is 243 g/mol. The number of halogens is 1. The van der Waals surface area contributed by atoms with E-state index in [2.05, 4.69) is 41.1 Å². The molecule has 0 fully saturated rings. The normalized spacial score (nSPS) is 11.2. The van der Waals surface area contributed by atoms with E-state index in [9.17, 15) is 0 Å². The molecule has 0 aliphatic heterocycles. The van der Waals surface area contributed by atoms with Gasteiger partial charge in [0.05, 0.1) is 0 Å². The summed E-state index contributed by atoms with van der Waals surface area (Å²) in [5.41, 5.74) is 1.01. The van der Waals surface area contributed by atoms with Gasteiger partial charge < -0.3 is 10.2 Å². The molecule has 4 nitrogen and oxygen atoms in total. The first-order chi connectivity index (χ1) is 7.50. The van der Waals surface area contributed by atoms with Crippen molar-refractivity contribution < 1.29 is 0 Å².